The van der Waals surface area contributed by atoms with Gasteiger partial charge in [-0.05, 0) is 60.2 Å². The van der Waals surface area contributed by atoms with Gasteiger partial charge in [0.25, 0.3) is 12.3 Å². The topological polar surface area (TPSA) is 108 Å². The van der Waals surface area contributed by atoms with Crippen LogP contribution in [-0.4, -0.2) is 32.2 Å². The zero-order chi connectivity index (χ0) is 30.6. The molecular formula is C31H23F5N4O3. The van der Waals surface area contributed by atoms with E-state index >= 15 is 0 Å². The summed E-state index contributed by atoms with van der Waals surface area (Å²) in [4.78, 5) is 42.5. The van der Waals surface area contributed by atoms with Gasteiger partial charge in [0.2, 0.25) is 0 Å². The number of Topliss-reactive ketones (excluding diaryl/α,β-unsaturated/α-hetero) is 2. The van der Waals surface area contributed by atoms with E-state index < -0.39 is 53.7 Å². The van der Waals surface area contributed by atoms with Crippen molar-refractivity contribution in [1.29, 1.82) is 0 Å². The molecule has 2 heterocycles. The van der Waals surface area contributed by atoms with Gasteiger partial charge in [-0.2, -0.15) is 5.10 Å². The van der Waals surface area contributed by atoms with Crippen LogP contribution in [0.5, 0.6) is 0 Å². The van der Waals surface area contributed by atoms with Gasteiger partial charge in [0.15, 0.2) is 11.6 Å². The van der Waals surface area contributed by atoms with Crippen molar-refractivity contribution in [3.8, 4) is 11.1 Å². The number of carbonyl (C=O) groups excluding carboxylic acids is 3. The molecule has 0 saturated heterocycles. The highest BCUT2D eigenvalue weighted by atomic mass is 19.3. The molecule has 6 rings (SSSR count). The lowest BCUT2D eigenvalue weighted by Crippen LogP contribution is -2.20. The van der Waals surface area contributed by atoms with Crippen molar-refractivity contribution in [3.05, 3.63) is 106 Å². The maximum absolute atomic E-state index is 14.2. The number of pyridine rings is 1. The molecule has 2 aromatic heterocycles. The highest BCUT2D eigenvalue weighted by Crippen LogP contribution is 2.58. The number of rotatable bonds is 10. The van der Waals surface area contributed by atoms with Gasteiger partial charge in [-0.3, -0.25) is 24.0 Å². The van der Waals surface area contributed by atoms with E-state index in [0.717, 1.165) is 22.9 Å². The number of benzene rings is 2. The zero-order valence-electron chi connectivity index (χ0n) is 22.4. The summed E-state index contributed by atoms with van der Waals surface area (Å²) in [5, 5.41) is 3.92. The summed E-state index contributed by atoms with van der Waals surface area (Å²) in [6.07, 6.45) is -1.31. The lowest BCUT2D eigenvalue weighted by molar-refractivity contribution is -0.120. The molecule has 1 saturated carbocycles. The van der Waals surface area contributed by atoms with E-state index in [1.165, 1.54) is 18.3 Å². The fraction of sp³-hybridized carbons (Fsp3) is 0.258. The summed E-state index contributed by atoms with van der Waals surface area (Å²) < 4.78 is 70.9. The van der Waals surface area contributed by atoms with Gasteiger partial charge in [0.1, 0.15) is 35.4 Å². The van der Waals surface area contributed by atoms with Gasteiger partial charge in [-0.1, -0.05) is 12.1 Å². The molecular weight excluding hydrogens is 571 g/mol. The lowest BCUT2D eigenvalue weighted by Gasteiger charge is -2.20. The first-order chi connectivity index (χ1) is 20.5. The van der Waals surface area contributed by atoms with Crippen LogP contribution in [-0.2, 0) is 17.8 Å². The fourth-order valence-electron chi connectivity index (χ4n) is 6.03. The Bertz CT molecular complexity index is 1780. The molecule has 2 aromatic carbocycles. The first-order valence-corrected chi connectivity index (χ1v) is 13.5. The highest BCUT2D eigenvalue weighted by Gasteiger charge is 2.56. The summed E-state index contributed by atoms with van der Waals surface area (Å²) in [5.41, 5.74) is 5.99. The Kier molecular flexibility index (Phi) is 7.15. The third-order valence-corrected chi connectivity index (χ3v) is 7.93. The Hall–Kier alpha value is -4.74. The summed E-state index contributed by atoms with van der Waals surface area (Å²) >= 11 is 0. The Morgan fingerprint density at radius 2 is 1.74 bits per heavy atom. The van der Waals surface area contributed by atoms with Crippen molar-refractivity contribution in [2.75, 3.05) is 0 Å². The fourth-order valence-corrected chi connectivity index (χ4v) is 6.03. The third-order valence-electron chi connectivity index (χ3n) is 7.93. The number of hydrogen-bond donors (Lipinski definition) is 1. The minimum Gasteiger partial charge on any atom is -0.366 e. The first kappa shape index (κ1) is 28.4. The van der Waals surface area contributed by atoms with E-state index in [2.05, 4.69) is 10.1 Å². The Labute approximate surface area is 241 Å². The molecule has 0 radical (unpaired) electrons. The molecule has 1 fully saturated rings. The van der Waals surface area contributed by atoms with E-state index in [1.54, 1.807) is 12.1 Å². The molecule has 2 aliphatic carbocycles. The van der Waals surface area contributed by atoms with Crippen LogP contribution < -0.4 is 5.73 Å². The van der Waals surface area contributed by atoms with Gasteiger partial charge in [-0.25, -0.2) is 22.0 Å². The second-order valence-electron chi connectivity index (χ2n) is 10.8. The number of nitrogens with two attached hydrogens (primary N) is 1. The van der Waals surface area contributed by atoms with Crippen molar-refractivity contribution < 1.29 is 36.3 Å². The number of carbonyl (C=O) groups is 3. The number of nitrogens with zero attached hydrogens (tertiary/aromatic N) is 3. The van der Waals surface area contributed by atoms with Crippen molar-refractivity contribution in [1.82, 2.24) is 14.8 Å². The smallest absolute Gasteiger partial charge is 0.282 e. The van der Waals surface area contributed by atoms with Crippen molar-refractivity contribution >= 4 is 17.5 Å². The number of alkyl halides is 2. The van der Waals surface area contributed by atoms with Gasteiger partial charge in [0, 0.05) is 41.6 Å². The van der Waals surface area contributed by atoms with Crippen molar-refractivity contribution in [3.63, 3.8) is 0 Å². The molecule has 0 spiro atoms. The average Bonchev–Trinajstić information content (AvgIpc) is 3.57. The maximum atomic E-state index is 14.2. The van der Waals surface area contributed by atoms with Crippen LogP contribution >= 0.6 is 0 Å². The minimum absolute atomic E-state index is 0.0254. The molecule has 4 aromatic rings. The Morgan fingerprint density at radius 3 is 2.44 bits per heavy atom. The van der Waals surface area contributed by atoms with Crippen LogP contribution in [0.15, 0.2) is 54.7 Å². The van der Waals surface area contributed by atoms with E-state index in [4.69, 9.17) is 5.73 Å². The number of aromatic nitrogens is 3. The molecule has 1 amide bonds. The van der Waals surface area contributed by atoms with E-state index in [9.17, 15) is 36.3 Å². The van der Waals surface area contributed by atoms with Gasteiger partial charge < -0.3 is 5.73 Å². The molecule has 2 unspecified atom stereocenters. The minimum atomic E-state index is -2.91. The summed E-state index contributed by atoms with van der Waals surface area (Å²) in [6.45, 7) is -0.473. The Balaban J connectivity index is 1.37. The second-order valence-corrected chi connectivity index (χ2v) is 10.8. The molecule has 43 heavy (non-hydrogen) atoms. The molecule has 2 N–H and O–H groups in total. The summed E-state index contributed by atoms with van der Waals surface area (Å²) in [5.74, 6) is -5.75. The maximum Gasteiger partial charge on any atom is 0.282 e. The van der Waals surface area contributed by atoms with E-state index in [0.29, 0.717) is 29.3 Å². The normalized spacial score (nSPS) is 17.6. The van der Waals surface area contributed by atoms with Crippen LogP contribution in [0.3, 0.4) is 0 Å². The van der Waals surface area contributed by atoms with Crippen LogP contribution in [0, 0.1) is 23.4 Å². The van der Waals surface area contributed by atoms with Crippen molar-refractivity contribution in [2.45, 2.75) is 44.1 Å². The number of primary amides is 1. The molecule has 3 atom stereocenters. The predicted octanol–water partition coefficient (Wildman–Crippen LogP) is 5.68. The van der Waals surface area contributed by atoms with Crippen LogP contribution in [0.4, 0.5) is 22.0 Å². The number of fused-ring (bicyclic) bond motifs is 3. The lowest BCUT2D eigenvalue weighted by atomic mass is 9.86. The average molecular weight is 595 g/mol. The zero-order valence-corrected chi connectivity index (χ0v) is 22.4. The second kappa shape index (κ2) is 10.8. The van der Waals surface area contributed by atoms with E-state index in [1.807, 2.05) is 0 Å². The number of hydrogen-bond acceptors (Lipinski definition) is 5. The van der Waals surface area contributed by atoms with Crippen LogP contribution in [0.1, 0.15) is 74.5 Å². The molecule has 0 aliphatic heterocycles. The molecule has 220 valence electrons. The number of halogens is 5. The highest BCUT2D eigenvalue weighted by molar-refractivity contribution is 6.05. The monoisotopic (exact) mass is 594 g/mol. The van der Waals surface area contributed by atoms with Crippen molar-refractivity contribution in [2.24, 2.45) is 11.7 Å². The third kappa shape index (κ3) is 5.33. The number of ketones is 2. The quantitative estimate of drug-likeness (QED) is 0.238. The van der Waals surface area contributed by atoms with Gasteiger partial charge in [0.05, 0.1) is 11.3 Å². The molecule has 7 nitrogen and oxygen atoms in total. The Morgan fingerprint density at radius 1 is 1.00 bits per heavy atom. The standard InChI is InChI=1S/C31H23F5N4O3/c32-17-7-14(8-18(33)11-17)6-16(26-20(2-1-5-38-26)15-3-4-24(34)23(10-15)31(37)43)9-19(41)13-40-28-25(27(39-40)30(35)36)21-12-22(21)29(28)42/h1-5,7-8,10-11,16,21-22,30H,6,9,12-13H2,(H2,37,43)/t16-,21?,22?/m1/s1. The molecule has 0 bridgehead atoms. The van der Waals surface area contributed by atoms with Gasteiger partial charge in [-0.15, -0.1) is 0 Å². The predicted molar refractivity (Wildman–Crippen MR) is 143 cm³/mol. The van der Waals surface area contributed by atoms with Crippen LogP contribution in [0.2, 0.25) is 0 Å². The largest absolute Gasteiger partial charge is 0.366 e. The summed E-state index contributed by atoms with van der Waals surface area (Å²) in [6, 6.07) is 9.87. The summed E-state index contributed by atoms with van der Waals surface area (Å²) in [7, 11) is 0. The molecule has 2 aliphatic rings. The molecule has 12 heteroatoms. The first-order valence-electron chi connectivity index (χ1n) is 13.5. The van der Waals surface area contributed by atoms with Crippen LogP contribution in [0.25, 0.3) is 11.1 Å². The van der Waals surface area contributed by atoms with E-state index in [-0.39, 0.29) is 52.8 Å². The SMILES string of the molecule is NC(=O)c1cc(-c2cccnc2[C@@H](CC(=O)Cn2nc(C(F)F)c3c2C(=O)C2CC32)Cc2cc(F)cc(F)c2)ccc1F. The number of amides is 1. The van der Waals surface area contributed by atoms with Gasteiger partial charge >= 0.3 is 0 Å².